The number of hydrogen-bond donors (Lipinski definition) is 1. The van der Waals surface area contributed by atoms with Gasteiger partial charge in [-0.3, -0.25) is 4.90 Å². The second-order valence-corrected chi connectivity index (χ2v) is 5.22. The predicted octanol–water partition coefficient (Wildman–Crippen LogP) is 2.02. The molecule has 0 saturated carbocycles. The van der Waals surface area contributed by atoms with Gasteiger partial charge in [0.25, 0.3) is 0 Å². The van der Waals surface area contributed by atoms with Crippen LogP contribution in [0.3, 0.4) is 0 Å². The molecule has 1 unspecified atom stereocenters. The highest BCUT2D eigenvalue weighted by atomic mass is 16.5. The van der Waals surface area contributed by atoms with Crippen LogP contribution in [0.2, 0.25) is 0 Å². The molecule has 0 aliphatic carbocycles. The van der Waals surface area contributed by atoms with Crippen molar-refractivity contribution in [2.24, 2.45) is 5.73 Å². The molecular weight excluding hydrogens is 252 g/mol. The van der Waals surface area contributed by atoms with E-state index in [1.165, 1.54) is 12.8 Å². The average molecular weight is 278 g/mol. The van der Waals surface area contributed by atoms with Crippen molar-refractivity contribution in [1.82, 2.24) is 4.90 Å². The molecule has 4 heteroatoms. The topological polar surface area (TPSA) is 47.7 Å². The smallest absolute Gasteiger partial charge is 0.119 e. The van der Waals surface area contributed by atoms with E-state index in [2.05, 4.69) is 11.8 Å². The summed E-state index contributed by atoms with van der Waals surface area (Å²) >= 11 is 0. The summed E-state index contributed by atoms with van der Waals surface area (Å²) in [6.45, 7) is 7.31. The zero-order valence-electron chi connectivity index (χ0n) is 12.4. The average Bonchev–Trinajstić information content (AvgIpc) is 2.49. The molecule has 2 rings (SSSR count). The van der Waals surface area contributed by atoms with Crippen LogP contribution < -0.4 is 10.5 Å². The second-order valence-electron chi connectivity index (χ2n) is 5.22. The fourth-order valence-electron chi connectivity index (χ4n) is 2.60. The molecule has 0 spiro atoms. The van der Waals surface area contributed by atoms with Crippen LogP contribution in [0.5, 0.6) is 5.75 Å². The summed E-state index contributed by atoms with van der Waals surface area (Å²) in [5.74, 6) is 0.917. The quantitative estimate of drug-likeness (QED) is 0.829. The molecule has 2 N–H and O–H groups in total. The van der Waals surface area contributed by atoms with Crippen LogP contribution in [0.4, 0.5) is 0 Å². The largest absolute Gasteiger partial charge is 0.492 e. The van der Waals surface area contributed by atoms with E-state index in [1.807, 2.05) is 24.3 Å². The minimum Gasteiger partial charge on any atom is -0.492 e. The van der Waals surface area contributed by atoms with Gasteiger partial charge >= 0.3 is 0 Å². The summed E-state index contributed by atoms with van der Waals surface area (Å²) in [7, 11) is 0. The van der Waals surface area contributed by atoms with E-state index in [9.17, 15) is 0 Å². The summed E-state index contributed by atoms with van der Waals surface area (Å²) in [5.41, 5.74) is 6.71. The fourth-order valence-corrected chi connectivity index (χ4v) is 2.60. The Hall–Kier alpha value is -1.10. The first-order valence-electron chi connectivity index (χ1n) is 7.57. The van der Waals surface area contributed by atoms with E-state index < -0.39 is 0 Å². The first kappa shape index (κ1) is 15.3. The number of nitrogens with two attached hydrogens (primary N) is 1. The van der Waals surface area contributed by atoms with Crippen LogP contribution in [-0.4, -0.2) is 43.9 Å². The van der Waals surface area contributed by atoms with Crippen molar-refractivity contribution in [3.8, 4) is 5.75 Å². The van der Waals surface area contributed by atoms with Gasteiger partial charge in [-0.1, -0.05) is 12.1 Å². The van der Waals surface area contributed by atoms with Crippen LogP contribution in [-0.2, 0) is 11.3 Å². The van der Waals surface area contributed by atoms with E-state index in [0.29, 0.717) is 12.6 Å². The van der Waals surface area contributed by atoms with Gasteiger partial charge in [0.2, 0.25) is 0 Å². The van der Waals surface area contributed by atoms with Gasteiger partial charge in [0, 0.05) is 26.2 Å². The van der Waals surface area contributed by atoms with Gasteiger partial charge in [-0.2, -0.15) is 0 Å². The zero-order chi connectivity index (χ0) is 14.2. The molecule has 0 amide bonds. The number of piperidine rings is 1. The highest BCUT2D eigenvalue weighted by Crippen LogP contribution is 2.14. The van der Waals surface area contributed by atoms with Crippen molar-refractivity contribution < 1.29 is 9.47 Å². The number of rotatable bonds is 7. The molecule has 1 aliphatic rings. The minimum absolute atomic E-state index is 0.401. The molecule has 1 aliphatic heterocycles. The third-order valence-corrected chi connectivity index (χ3v) is 3.70. The van der Waals surface area contributed by atoms with Gasteiger partial charge in [-0.15, -0.1) is 0 Å². The lowest BCUT2D eigenvalue weighted by molar-refractivity contribution is 0.00304. The van der Waals surface area contributed by atoms with E-state index in [0.717, 1.165) is 44.2 Å². The third-order valence-electron chi connectivity index (χ3n) is 3.70. The number of benzene rings is 1. The van der Waals surface area contributed by atoms with E-state index in [4.69, 9.17) is 15.2 Å². The maximum absolute atomic E-state index is 5.78. The SMILES string of the molecule is CCOC1CCCN(CCOc2ccc(CN)cc2)C1. The molecule has 0 radical (unpaired) electrons. The van der Waals surface area contributed by atoms with Crippen molar-refractivity contribution in [1.29, 1.82) is 0 Å². The molecule has 1 aromatic rings. The lowest BCUT2D eigenvalue weighted by atomic mass is 10.1. The molecule has 0 aromatic heterocycles. The number of ether oxygens (including phenoxy) is 2. The fraction of sp³-hybridized carbons (Fsp3) is 0.625. The van der Waals surface area contributed by atoms with Crippen molar-refractivity contribution in [2.45, 2.75) is 32.4 Å². The van der Waals surface area contributed by atoms with Crippen LogP contribution >= 0.6 is 0 Å². The van der Waals surface area contributed by atoms with Crippen molar-refractivity contribution in [3.63, 3.8) is 0 Å². The van der Waals surface area contributed by atoms with Gasteiger partial charge in [0.15, 0.2) is 0 Å². The van der Waals surface area contributed by atoms with E-state index in [1.54, 1.807) is 0 Å². The van der Waals surface area contributed by atoms with Gasteiger partial charge in [-0.25, -0.2) is 0 Å². The Kier molecular flexibility index (Phi) is 6.30. The molecule has 1 fully saturated rings. The summed E-state index contributed by atoms with van der Waals surface area (Å²) in [4.78, 5) is 2.43. The summed E-state index contributed by atoms with van der Waals surface area (Å²) < 4.78 is 11.5. The summed E-state index contributed by atoms with van der Waals surface area (Å²) in [5, 5.41) is 0. The van der Waals surface area contributed by atoms with Crippen molar-refractivity contribution >= 4 is 0 Å². The van der Waals surface area contributed by atoms with Crippen molar-refractivity contribution in [3.05, 3.63) is 29.8 Å². The van der Waals surface area contributed by atoms with E-state index >= 15 is 0 Å². The van der Waals surface area contributed by atoms with Crippen molar-refractivity contribution in [2.75, 3.05) is 32.8 Å². The lowest BCUT2D eigenvalue weighted by Crippen LogP contribution is -2.41. The van der Waals surface area contributed by atoms with Crippen LogP contribution in [0.1, 0.15) is 25.3 Å². The summed E-state index contributed by atoms with van der Waals surface area (Å²) in [6, 6.07) is 8.01. The first-order valence-corrected chi connectivity index (χ1v) is 7.57. The maximum Gasteiger partial charge on any atom is 0.119 e. The van der Waals surface area contributed by atoms with Crippen LogP contribution in [0.25, 0.3) is 0 Å². The van der Waals surface area contributed by atoms with Crippen LogP contribution in [0.15, 0.2) is 24.3 Å². The molecule has 20 heavy (non-hydrogen) atoms. The molecule has 1 atom stereocenters. The highest BCUT2D eigenvalue weighted by Gasteiger charge is 2.19. The van der Waals surface area contributed by atoms with Crippen LogP contribution in [0, 0.1) is 0 Å². The molecular formula is C16H26N2O2. The maximum atomic E-state index is 5.78. The zero-order valence-corrected chi connectivity index (χ0v) is 12.4. The Bertz CT molecular complexity index is 379. The molecule has 4 nitrogen and oxygen atoms in total. The third kappa shape index (κ3) is 4.78. The Morgan fingerprint density at radius 1 is 1.30 bits per heavy atom. The second kappa shape index (κ2) is 8.25. The predicted molar refractivity (Wildman–Crippen MR) is 80.9 cm³/mol. The minimum atomic E-state index is 0.401. The Labute approximate surface area is 121 Å². The summed E-state index contributed by atoms with van der Waals surface area (Å²) in [6.07, 6.45) is 2.80. The van der Waals surface area contributed by atoms with E-state index in [-0.39, 0.29) is 0 Å². The van der Waals surface area contributed by atoms with Gasteiger partial charge in [-0.05, 0) is 44.0 Å². The Morgan fingerprint density at radius 3 is 2.80 bits per heavy atom. The van der Waals surface area contributed by atoms with Gasteiger partial charge in [0.05, 0.1) is 6.10 Å². The Morgan fingerprint density at radius 2 is 2.10 bits per heavy atom. The number of nitrogens with zero attached hydrogens (tertiary/aromatic N) is 1. The van der Waals surface area contributed by atoms with Gasteiger partial charge < -0.3 is 15.2 Å². The number of likely N-dealkylation sites (tertiary alicyclic amines) is 1. The normalized spacial score (nSPS) is 20.0. The Balaban J connectivity index is 1.69. The molecule has 0 bridgehead atoms. The standard InChI is InChI=1S/C16H26N2O2/c1-2-19-16-4-3-9-18(13-16)10-11-20-15-7-5-14(12-17)6-8-15/h5-8,16H,2-4,9-13,17H2,1H3. The number of hydrogen-bond acceptors (Lipinski definition) is 4. The molecule has 1 heterocycles. The molecule has 112 valence electrons. The first-order chi connectivity index (χ1) is 9.81. The molecule has 1 saturated heterocycles. The monoisotopic (exact) mass is 278 g/mol. The van der Waals surface area contributed by atoms with Gasteiger partial charge in [0.1, 0.15) is 12.4 Å². The lowest BCUT2D eigenvalue weighted by Gasteiger charge is -2.32. The highest BCUT2D eigenvalue weighted by molar-refractivity contribution is 5.27. The molecule has 1 aromatic carbocycles.